The van der Waals surface area contributed by atoms with Gasteiger partial charge < -0.3 is 9.55 Å². The fourth-order valence-electron chi connectivity index (χ4n) is 3.52. The lowest BCUT2D eigenvalue weighted by molar-refractivity contribution is 0.700. The van der Waals surface area contributed by atoms with Crippen LogP contribution in [0.4, 0.5) is 0 Å². The SMILES string of the molecule is Cc1cc(-c2cc(Cl)ccc2-n2cnnn2)cc(=O)n1Cc1ncc(-c2cc[c]nc2)[nH]1. The molecule has 1 aromatic carbocycles. The second kappa shape index (κ2) is 8.20. The normalized spacial score (nSPS) is 11.1. The minimum Gasteiger partial charge on any atom is -0.340 e. The zero-order valence-electron chi connectivity index (χ0n) is 16.9. The van der Waals surface area contributed by atoms with Crippen LogP contribution in [-0.2, 0) is 6.54 Å². The van der Waals surface area contributed by atoms with E-state index in [0.29, 0.717) is 17.4 Å². The first-order chi connectivity index (χ1) is 15.6. The van der Waals surface area contributed by atoms with Crippen molar-refractivity contribution in [3.8, 4) is 28.1 Å². The van der Waals surface area contributed by atoms with Gasteiger partial charge in [-0.15, -0.1) is 5.10 Å². The molecule has 32 heavy (non-hydrogen) atoms. The van der Waals surface area contributed by atoms with Gasteiger partial charge in [-0.3, -0.25) is 9.78 Å². The van der Waals surface area contributed by atoms with Crippen LogP contribution in [-0.4, -0.2) is 39.7 Å². The second-order valence-electron chi connectivity index (χ2n) is 7.15. The molecule has 0 bridgehead atoms. The molecule has 4 heterocycles. The molecule has 9 nitrogen and oxygen atoms in total. The number of hydrogen-bond donors (Lipinski definition) is 1. The van der Waals surface area contributed by atoms with Gasteiger partial charge in [-0.25, -0.2) is 4.98 Å². The average Bonchev–Trinajstić information content (AvgIpc) is 3.49. The summed E-state index contributed by atoms with van der Waals surface area (Å²) in [5.41, 5.74) is 4.56. The molecule has 4 aromatic heterocycles. The van der Waals surface area contributed by atoms with E-state index in [1.807, 2.05) is 25.1 Å². The van der Waals surface area contributed by atoms with Crippen LogP contribution in [0.15, 0.2) is 66.0 Å². The quantitative estimate of drug-likeness (QED) is 0.447. The lowest BCUT2D eigenvalue weighted by Gasteiger charge is -2.13. The maximum atomic E-state index is 13.0. The van der Waals surface area contributed by atoms with Gasteiger partial charge in [-0.1, -0.05) is 11.6 Å². The van der Waals surface area contributed by atoms with Crippen molar-refractivity contribution in [1.29, 1.82) is 0 Å². The van der Waals surface area contributed by atoms with Crippen LogP contribution in [0.5, 0.6) is 0 Å². The number of nitrogens with one attached hydrogen (secondary N) is 1. The number of H-pyrrole nitrogens is 1. The van der Waals surface area contributed by atoms with Crippen LogP contribution < -0.4 is 5.56 Å². The number of benzene rings is 1. The van der Waals surface area contributed by atoms with Crippen LogP contribution in [0.1, 0.15) is 11.5 Å². The van der Waals surface area contributed by atoms with Crippen LogP contribution >= 0.6 is 11.6 Å². The Morgan fingerprint density at radius 1 is 1.12 bits per heavy atom. The van der Waals surface area contributed by atoms with E-state index in [-0.39, 0.29) is 5.56 Å². The molecule has 1 radical (unpaired) electrons. The zero-order valence-corrected chi connectivity index (χ0v) is 17.7. The Bertz CT molecular complexity index is 1440. The minimum absolute atomic E-state index is 0.156. The Labute approximate surface area is 187 Å². The van der Waals surface area contributed by atoms with Gasteiger partial charge in [0.25, 0.3) is 5.56 Å². The number of hydrogen-bond acceptors (Lipinski definition) is 6. The summed E-state index contributed by atoms with van der Waals surface area (Å²) in [5.74, 6) is 0.669. The topological polar surface area (TPSA) is 107 Å². The number of pyridine rings is 2. The van der Waals surface area contributed by atoms with Gasteiger partial charge in [0.1, 0.15) is 12.2 Å². The van der Waals surface area contributed by atoms with Crippen molar-refractivity contribution >= 4 is 11.6 Å². The van der Waals surface area contributed by atoms with E-state index in [1.165, 1.54) is 11.0 Å². The molecule has 0 aliphatic carbocycles. The molecular formula is C22H16ClN8O. The molecular weight excluding hydrogens is 428 g/mol. The monoisotopic (exact) mass is 443 g/mol. The van der Waals surface area contributed by atoms with E-state index >= 15 is 0 Å². The van der Waals surface area contributed by atoms with Gasteiger partial charge in [0, 0.05) is 34.1 Å². The number of nitrogens with zero attached hydrogens (tertiary/aromatic N) is 7. The Morgan fingerprint density at radius 2 is 2.03 bits per heavy atom. The van der Waals surface area contributed by atoms with Crippen molar-refractivity contribution in [3.63, 3.8) is 0 Å². The predicted octanol–water partition coefficient (Wildman–Crippen LogP) is 3.09. The van der Waals surface area contributed by atoms with E-state index < -0.39 is 0 Å². The molecule has 0 aliphatic rings. The molecule has 0 amide bonds. The summed E-state index contributed by atoms with van der Waals surface area (Å²) >= 11 is 6.24. The summed E-state index contributed by atoms with van der Waals surface area (Å²) in [7, 11) is 0. The summed E-state index contributed by atoms with van der Waals surface area (Å²) in [6, 6.07) is 12.5. The van der Waals surface area contributed by atoms with Crippen LogP contribution in [0.3, 0.4) is 0 Å². The van der Waals surface area contributed by atoms with Crippen LogP contribution in [0.2, 0.25) is 5.02 Å². The summed E-state index contributed by atoms with van der Waals surface area (Å²) in [6.45, 7) is 2.19. The molecule has 0 saturated carbocycles. The molecule has 5 rings (SSSR count). The largest absolute Gasteiger partial charge is 0.340 e. The maximum Gasteiger partial charge on any atom is 0.251 e. The highest BCUT2D eigenvalue weighted by Gasteiger charge is 2.13. The molecule has 0 spiro atoms. The molecule has 0 fully saturated rings. The first-order valence-electron chi connectivity index (χ1n) is 9.69. The molecule has 0 unspecified atom stereocenters. The van der Waals surface area contributed by atoms with Crippen molar-refractivity contribution in [1.82, 2.24) is 39.7 Å². The Balaban J connectivity index is 1.50. The number of rotatable bonds is 5. The lowest BCUT2D eigenvalue weighted by Crippen LogP contribution is -2.23. The van der Waals surface area contributed by atoms with Crippen molar-refractivity contribution < 1.29 is 0 Å². The van der Waals surface area contributed by atoms with Crippen molar-refractivity contribution in [2.75, 3.05) is 0 Å². The van der Waals surface area contributed by atoms with E-state index in [0.717, 1.165) is 33.8 Å². The second-order valence-corrected chi connectivity index (χ2v) is 7.58. The van der Waals surface area contributed by atoms with Gasteiger partial charge in [0.15, 0.2) is 0 Å². The standard InChI is InChI=1S/C22H16ClN8O/c1-14-7-16(18-9-17(23)4-5-20(18)31-13-26-28-29-31)8-22(32)30(14)12-21-25-11-19(27-21)15-3-2-6-24-10-15/h2-5,7-11,13H,12H2,1H3,(H,25,27). The van der Waals surface area contributed by atoms with Gasteiger partial charge >= 0.3 is 0 Å². The molecule has 0 aliphatic heterocycles. The first kappa shape index (κ1) is 19.8. The highest BCUT2D eigenvalue weighted by Crippen LogP contribution is 2.29. The minimum atomic E-state index is -0.156. The highest BCUT2D eigenvalue weighted by molar-refractivity contribution is 6.31. The number of imidazole rings is 1. The molecule has 10 heteroatoms. The lowest BCUT2D eigenvalue weighted by atomic mass is 10.0. The highest BCUT2D eigenvalue weighted by atomic mass is 35.5. The van der Waals surface area contributed by atoms with Gasteiger partial charge in [-0.05, 0) is 59.3 Å². The molecule has 0 atom stereocenters. The van der Waals surface area contributed by atoms with E-state index in [2.05, 4.69) is 36.7 Å². The maximum absolute atomic E-state index is 13.0. The van der Waals surface area contributed by atoms with Gasteiger partial charge in [-0.2, -0.15) is 4.68 Å². The summed E-state index contributed by atoms with van der Waals surface area (Å²) in [5, 5.41) is 11.9. The predicted molar refractivity (Wildman–Crippen MR) is 118 cm³/mol. The fraction of sp³-hybridized carbons (Fsp3) is 0.0909. The number of halogens is 1. The Morgan fingerprint density at radius 3 is 2.78 bits per heavy atom. The van der Waals surface area contributed by atoms with Crippen molar-refractivity contribution in [2.45, 2.75) is 13.5 Å². The molecule has 157 valence electrons. The van der Waals surface area contributed by atoms with Gasteiger partial charge in [0.2, 0.25) is 0 Å². The number of aromatic nitrogens is 8. The molecule has 0 saturated heterocycles. The fourth-order valence-corrected chi connectivity index (χ4v) is 3.69. The molecule has 1 N–H and O–H groups in total. The van der Waals surface area contributed by atoms with Crippen LogP contribution in [0, 0.1) is 13.1 Å². The average molecular weight is 444 g/mol. The Hall–Kier alpha value is -4.11. The van der Waals surface area contributed by atoms with E-state index in [9.17, 15) is 4.79 Å². The summed E-state index contributed by atoms with van der Waals surface area (Å²) < 4.78 is 3.19. The number of aromatic amines is 1. The first-order valence-corrected chi connectivity index (χ1v) is 10.1. The van der Waals surface area contributed by atoms with Gasteiger partial charge in [0.05, 0.1) is 30.3 Å². The Kier molecular flexibility index (Phi) is 5.08. The third-order valence-corrected chi connectivity index (χ3v) is 5.30. The van der Waals surface area contributed by atoms with Crippen LogP contribution in [0.25, 0.3) is 28.1 Å². The van der Waals surface area contributed by atoms with Crippen molar-refractivity contribution in [2.24, 2.45) is 0 Å². The number of aryl methyl sites for hydroxylation is 1. The third-order valence-electron chi connectivity index (χ3n) is 5.06. The summed E-state index contributed by atoms with van der Waals surface area (Å²) in [6.07, 6.45) is 7.68. The number of tetrazole rings is 1. The summed E-state index contributed by atoms with van der Waals surface area (Å²) in [4.78, 5) is 24.7. The van der Waals surface area contributed by atoms with E-state index in [4.69, 9.17) is 11.6 Å². The smallest absolute Gasteiger partial charge is 0.251 e. The molecule has 5 aromatic rings. The van der Waals surface area contributed by atoms with E-state index in [1.54, 1.807) is 41.2 Å². The third kappa shape index (κ3) is 3.81. The van der Waals surface area contributed by atoms with Crippen molar-refractivity contribution in [3.05, 3.63) is 94.3 Å². The zero-order chi connectivity index (χ0) is 22.1.